The molecule has 2 amide bonds. The number of benzene rings is 4. The van der Waals surface area contributed by atoms with Crippen molar-refractivity contribution in [3.05, 3.63) is 124 Å². The topological polar surface area (TPSA) is 106 Å². The van der Waals surface area contributed by atoms with Crippen LogP contribution in [0.2, 0.25) is 0 Å². The molecule has 0 aliphatic heterocycles. The van der Waals surface area contributed by atoms with Crippen LogP contribution in [0, 0.1) is 0 Å². The molecule has 0 unspecified atom stereocenters. The number of methoxy groups -OCH3 is 2. The van der Waals surface area contributed by atoms with Gasteiger partial charge in [-0.25, -0.2) is 0 Å². The van der Waals surface area contributed by atoms with E-state index in [-0.39, 0.29) is 11.8 Å². The van der Waals surface area contributed by atoms with Crippen LogP contribution in [0.15, 0.2) is 91.0 Å². The molecule has 4 N–H and O–H groups in total. The molecule has 0 bridgehead atoms. The average molecular weight is 567 g/mol. The van der Waals surface area contributed by atoms with Gasteiger partial charge in [-0.1, -0.05) is 60.7 Å². The van der Waals surface area contributed by atoms with Gasteiger partial charge in [0.15, 0.2) is 11.5 Å². The maximum absolute atomic E-state index is 13.3. The summed E-state index contributed by atoms with van der Waals surface area (Å²) in [5.41, 5.74) is 11.3. The quantitative estimate of drug-likeness (QED) is 0.210. The van der Waals surface area contributed by atoms with E-state index in [0.29, 0.717) is 47.9 Å². The lowest BCUT2D eigenvalue weighted by Crippen LogP contribution is -2.25. The van der Waals surface area contributed by atoms with Crippen molar-refractivity contribution in [2.24, 2.45) is 5.73 Å². The maximum Gasteiger partial charge on any atom is 0.255 e. The predicted molar refractivity (Wildman–Crippen MR) is 166 cm³/mol. The maximum atomic E-state index is 13.3. The number of hydrogen-bond acceptors (Lipinski definition) is 6. The van der Waals surface area contributed by atoms with E-state index in [1.807, 2.05) is 55.6 Å². The van der Waals surface area contributed by atoms with Crippen molar-refractivity contribution in [3.63, 3.8) is 0 Å². The second-order valence-corrected chi connectivity index (χ2v) is 10.1. The van der Waals surface area contributed by atoms with E-state index < -0.39 is 0 Å². The van der Waals surface area contributed by atoms with Crippen LogP contribution in [-0.2, 0) is 26.1 Å². The number of rotatable bonds is 13. The third-order valence-electron chi connectivity index (χ3n) is 7.04. The highest BCUT2D eigenvalue weighted by Crippen LogP contribution is 2.28. The zero-order valence-corrected chi connectivity index (χ0v) is 24.4. The minimum absolute atomic E-state index is 0.233. The SMILES string of the molecule is COc1ccc(C(=O)Nc2cc(C(=O)NCc3ccc(CN)cc3)ccc2CN(C)CCc2ccccc2)cc1OC. The third kappa shape index (κ3) is 8.19. The van der Waals surface area contributed by atoms with Gasteiger partial charge in [0.1, 0.15) is 0 Å². The summed E-state index contributed by atoms with van der Waals surface area (Å²) in [7, 11) is 5.11. The summed E-state index contributed by atoms with van der Waals surface area (Å²) in [5.74, 6) is 0.440. The Hall–Kier alpha value is -4.66. The van der Waals surface area contributed by atoms with E-state index >= 15 is 0 Å². The van der Waals surface area contributed by atoms with E-state index in [9.17, 15) is 9.59 Å². The Balaban J connectivity index is 1.53. The summed E-state index contributed by atoms with van der Waals surface area (Å²) in [4.78, 5) is 28.6. The molecule has 218 valence electrons. The second kappa shape index (κ2) is 14.8. The summed E-state index contributed by atoms with van der Waals surface area (Å²) in [5, 5.41) is 5.99. The van der Waals surface area contributed by atoms with Crippen molar-refractivity contribution in [2.75, 3.05) is 33.1 Å². The van der Waals surface area contributed by atoms with Crippen LogP contribution in [0.3, 0.4) is 0 Å². The minimum atomic E-state index is -0.318. The van der Waals surface area contributed by atoms with Gasteiger partial charge in [-0.15, -0.1) is 0 Å². The summed E-state index contributed by atoms with van der Waals surface area (Å²) in [6.45, 7) is 2.27. The molecular formula is C34H38N4O4. The van der Waals surface area contributed by atoms with E-state index in [2.05, 4.69) is 27.7 Å². The Morgan fingerprint density at radius 1 is 0.762 bits per heavy atom. The number of carbonyl (C=O) groups excluding carboxylic acids is 2. The molecule has 0 spiro atoms. The molecule has 4 rings (SSSR count). The number of nitrogens with one attached hydrogen (secondary N) is 2. The fraction of sp³-hybridized carbons (Fsp3) is 0.235. The van der Waals surface area contributed by atoms with Crippen LogP contribution in [0.5, 0.6) is 11.5 Å². The van der Waals surface area contributed by atoms with Crippen molar-refractivity contribution in [1.29, 1.82) is 0 Å². The summed E-state index contributed by atoms with van der Waals surface area (Å²) < 4.78 is 10.7. The molecule has 0 aliphatic rings. The zero-order chi connectivity index (χ0) is 29.9. The first-order chi connectivity index (χ1) is 20.4. The number of anilines is 1. The first-order valence-electron chi connectivity index (χ1n) is 13.8. The van der Waals surface area contributed by atoms with Gasteiger partial charge < -0.3 is 30.7 Å². The van der Waals surface area contributed by atoms with Crippen LogP contribution in [0.25, 0.3) is 0 Å². The number of carbonyl (C=O) groups is 2. The van der Waals surface area contributed by atoms with E-state index in [1.54, 1.807) is 37.4 Å². The first-order valence-corrected chi connectivity index (χ1v) is 13.8. The predicted octanol–water partition coefficient (Wildman–Crippen LogP) is 5.02. The highest BCUT2D eigenvalue weighted by Gasteiger charge is 2.16. The molecule has 42 heavy (non-hydrogen) atoms. The van der Waals surface area contributed by atoms with Crippen molar-refractivity contribution in [3.8, 4) is 11.5 Å². The third-order valence-corrected chi connectivity index (χ3v) is 7.04. The van der Waals surface area contributed by atoms with E-state index in [4.69, 9.17) is 15.2 Å². The van der Waals surface area contributed by atoms with Gasteiger partial charge in [0.25, 0.3) is 11.8 Å². The van der Waals surface area contributed by atoms with E-state index in [1.165, 1.54) is 12.7 Å². The smallest absolute Gasteiger partial charge is 0.255 e. The molecule has 8 nitrogen and oxygen atoms in total. The molecule has 0 aliphatic carbocycles. The molecule has 0 saturated heterocycles. The largest absolute Gasteiger partial charge is 0.493 e. The van der Waals surface area contributed by atoms with Gasteiger partial charge >= 0.3 is 0 Å². The highest BCUT2D eigenvalue weighted by atomic mass is 16.5. The molecule has 0 fully saturated rings. The molecule has 0 aromatic heterocycles. The fourth-order valence-electron chi connectivity index (χ4n) is 4.56. The molecule has 4 aromatic carbocycles. The van der Waals surface area contributed by atoms with Crippen molar-refractivity contribution < 1.29 is 19.1 Å². The molecule has 0 radical (unpaired) electrons. The molecular weight excluding hydrogens is 528 g/mol. The zero-order valence-electron chi connectivity index (χ0n) is 24.4. The van der Waals surface area contributed by atoms with Crippen molar-refractivity contribution in [1.82, 2.24) is 10.2 Å². The van der Waals surface area contributed by atoms with Gasteiger partial charge in [-0.05, 0) is 66.1 Å². The number of nitrogens with zero attached hydrogens (tertiary/aromatic N) is 1. The van der Waals surface area contributed by atoms with Crippen molar-refractivity contribution in [2.45, 2.75) is 26.1 Å². The van der Waals surface area contributed by atoms with Crippen molar-refractivity contribution >= 4 is 17.5 Å². The van der Waals surface area contributed by atoms with Crippen LogP contribution < -0.4 is 25.8 Å². The molecule has 8 heteroatoms. The average Bonchev–Trinajstić information content (AvgIpc) is 3.03. The van der Waals surface area contributed by atoms with E-state index in [0.717, 1.165) is 29.7 Å². The standard InChI is InChI=1S/C34H38N4O4/c1-38(18-17-24-7-5-4-6-8-24)23-29-14-13-27(33(39)36-22-26-11-9-25(21-35)10-12-26)19-30(29)37-34(40)28-15-16-31(41-2)32(20-28)42-3/h4-16,19-20H,17-18,21-23,35H2,1-3H3,(H,36,39)(H,37,40). The Kier molecular flexibility index (Phi) is 10.7. The lowest BCUT2D eigenvalue weighted by Gasteiger charge is -2.20. The Labute approximate surface area is 247 Å². The van der Waals surface area contributed by atoms with Gasteiger partial charge in [-0.3, -0.25) is 9.59 Å². The Morgan fingerprint density at radius 2 is 1.43 bits per heavy atom. The van der Waals surface area contributed by atoms with Crippen LogP contribution in [-0.4, -0.2) is 44.5 Å². The van der Waals surface area contributed by atoms with Gasteiger partial charge in [0, 0.05) is 43.0 Å². The number of hydrogen-bond donors (Lipinski definition) is 3. The lowest BCUT2D eigenvalue weighted by atomic mass is 10.1. The first kappa shape index (κ1) is 30.3. The number of ether oxygens (including phenoxy) is 2. The minimum Gasteiger partial charge on any atom is -0.493 e. The fourth-order valence-corrected chi connectivity index (χ4v) is 4.56. The van der Waals surface area contributed by atoms with Crippen LogP contribution >= 0.6 is 0 Å². The number of likely N-dealkylation sites (N-methyl/N-ethyl adjacent to an activating group) is 1. The second-order valence-electron chi connectivity index (χ2n) is 10.1. The molecule has 4 aromatic rings. The highest BCUT2D eigenvalue weighted by molar-refractivity contribution is 6.06. The molecule has 0 heterocycles. The monoisotopic (exact) mass is 566 g/mol. The number of amides is 2. The Morgan fingerprint density at radius 3 is 2.12 bits per heavy atom. The van der Waals surface area contributed by atoms with Gasteiger partial charge in [0.05, 0.1) is 14.2 Å². The summed E-state index contributed by atoms with van der Waals surface area (Å²) in [6.07, 6.45) is 0.900. The Bertz CT molecular complexity index is 1490. The van der Waals surface area contributed by atoms with Gasteiger partial charge in [0.2, 0.25) is 0 Å². The molecule has 0 saturated carbocycles. The summed E-state index contributed by atoms with van der Waals surface area (Å²) >= 11 is 0. The molecule has 0 atom stereocenters. The van der Waals surface area contributed by atoms with Crippen LogP contribution in [0.4, 0.5) is 5.69 Å². The summed E-state index contributed by atoms with van der Waals surface area (Å²) in [6, 6.07) is 28.5. The van der Waals surface area contributed by atoms with Crippen LogP contribution in [0.1, 0.15) is 43.0 Å². The van der Waals surface area contributed by atoms with Gasteiger partial charge in [-0.2, -0.15) is 0 Å². The number of nitrogens with two attached hydrogens (primary N) is 1. The normalized spacial score (nSPS) is 10.8. The lowest BCUT2D eigenvalue weighted by molar-refractivity contribution is 0.0949.